The van der Waals surface area contributed by atoms with Gasteiger partial charge in [-0.05, 0) is 30.7 Å². The number of aldehydes is 1. The summed E-state index contributed by atoms with van der Waals surface area (Å²) >= 11 is 1.66. The summed E-state index contributed by atoms with van der Waals surface area (Å²) in [4.78, 5) is 12.4. The summed E-state index contributed by atoms with van der Waals surface area (Å²) in [5.41, 5.74) is 2.13. The molecule has 0 spiro atoms. The van der Waals surface area contributed by atoms with E-state index in [1.54, 1.807) is 11.8 Å². The number of carbonyl (C=O) groups excluding carboxylic acids is 1. The van der Waals surface area contributed by atoms with E-state index in [4.69, 9.17) is 0 Å². The van der Waals surface area contributed by atoms with Crippen LogP contribution < -0.4 is 0 Å². The fourth-order valence-electron chi connectivity index (χ4n) is 2.92. The summed E-state index contributed by atoms with van der Waals surface area (Å²) in [5, 5.41) is 0. The molecule has 124 valence electrons. The van der Waals surface area contributed by atoms with E-state index in [9.17, 15) is 4.79 Å². The SMILES string of the molecule is CCCCCCCCCCCCc1cccc(SC)c1C=O. The maximum atomic E-state index is 11.3. The van der Waals surface area contributed by atoms with Gasteiger partial charge < -0.3 is 0 Å². The molecule has 0 heterocycles. The van der Waals surface area contributed by atoms with Crippen molar-refractivity contribution in [3.63, 3.8) is 0 Å². The van der Waals surface area contributed by atoms with E-state index in [0.717, 1.165) is 23.2 Å². The number of hydrogen-bond donors (Lipinski definition) is 0. The van der Waals surface area contributed by atoms with Crippen LogP contribution in [-0.2, 0) is 6.42 Å². The van der Waals surface area contributed by atoms with Crippen molar-refractivity contribution in [1.82, 2.24) is 0 Å². The van der Waals surface area contributed by atoms with Crippen LogP contribution in [0.15, 0.2) is 23.1 Å². The first kappa shape index (κ1) is 19.3. The Hall–Kier alpha value is -0.760. The van der Waals surface area contributed by atoms with Gasteiger partial charge >= 0.3 is 0 Å². The Bertz CT molecular complexity index is 414. The van der Waals surface area contributed by atoms with Gasteiger partial charge in [-0.3, -0.25) is 4.79 Å². The fourth-order valence-corrected chi connectivity index (χ4v) is 3.54. The first-order valence-corrected chi connectivity index (χ1v) is 10.2. The van der Waals surface area contributed by atoms with Crippen molar-refractivity contribution in [2.45, 2.75) is 82.4 Å². The van der Waals surface area contributed by atoms with E-state index in [1.165, 1.54) is 69.8 Å². The average Bonchev–Trinajstić information content (AvgIpc) is 2.56. The van der Waals surface area contributed by atoms with Crippen LogP contribution >= 0.6 is 11.8 Å². The molecule has 1 aromatic rings. The first-order valence-electron chi connectivity index (χ1n) is 8.94. The van der Waals surface area contributed by atoms with E-state index in [-0.39, 0.29) is 0 Å². The van der Waals surface area contributed by atoms with Gasteiger partial charge in [0.25, 0.3) is 0 Å². The third kappa shape index (κ3) is 7.49. The van der Waals surface area contributed by atoms with Crippen LogP contribution in [0.4, 0.5) is 0 Å². The molecule has 0 aliphatic heterocycles. The lowest BCUT2D eigenvalue weighted by Gasteiger charge is -2.08. The second-order valence-corrected chi connectivity index (χ2v) is 6.93. The molecule has 0 fully saturated rings. The van der Waals surface area contributed by atoms with Gasteiger partial charge in [0.2, 0.25) is 0 Å². The molecule has 2 heteroatoms. The Morgan fingerprint density at radius 1 is 0.909 bits per heavy atom. The highest BCUT2D eigenvalue weighted by molar-refractivity contribution is 7.98. The standard InChI is InChI=1S/C20H32OS/c1-3-4-5-6-7-8-9-10-11-12-14-18-15-13-16-20(22-2)19(18)17-21/h13,15-17H,3-12,14H2,1-2H3. The number of benzene rings is 1. The Morgan fingerprint density at radius 3 is 2.05 bits per heavy atom. The zero-order chi connectivity index (χ0) is 16.0. The fraction of sp³-hybridized carbons (Fsp3) is 0.650. The Morgan fingerprint density at radius 2 is 1.50 bits per heavy atom. The molecule has 0 bridgehead atoms. The second kappa shape index (κ2) is 12.8. The minimum Gasteiger partial charge on any atom is -0.298 e. The van der Waals surface area contributed by atoms with E-state index >= 15 is 0 Å². The molecule has 0 saturated heterocycles. The van der Waals surface area contributed by atoms with Gasteiger partial charge in [-0.1, -0.05) is 76.8 Å². The number of hydrogen-bond acceptors (Lipinski definition) is 2. The van der Waals surface area contributed by atoms with Crippen molar-refractivity contribution in [2.24, 2.45) is 0 Å². The molecule has 0 aliphatic rings. The zero-order valence-electron chi connectivity index (χ0n) is 14.4. The van der Waals surface area contributed by atoms with Crippen molar-refractivity contribution in [3.8, 4) is 0 Å². The largest absolute Gasteiger partial charge is 0.298 e. The van der Waals surface area contributed by atoms with Crippen LogP contribution in [0, 0.1) is 0 Å². The van der Waals surface area contributed by atoms with Crippen molar-refractivity contribution in [3.05, 3.63) is 29.3 Å². The molecule has 1 rings (SSSR count). The van der Waals surface area contributed by atoms with Gasteiger partial charge in [0, 0.05) is 10.5 Å². The summed E-state index contributed by atoms with van der Waals surface area (Å²) in [6, 6.07) is 6.22. The Labute approximate surface area is 141 Å². The topological polar surface area (TPSA) is 17.1 Å². The van der Waals surface area contributed by atoms with Gasteiger partial charge in [-0.2, -0.15) is 0 Å². The monoisotopic (exact) mass is 320 g/mol. The molecule has 0 saturated carbocycles. The minimum atomic E-state index is 0.908. The molecule has 0 N–H and O–H groups in total. The van der Waals surface area contributed by atoms with Crippen LogP contribution in [0.2, 0.25) is 0 Å². The number of rotatable bonds is 13. The molecule has 0 aliphatic carbocycles. The van der Waals surface area contributed by atoms with Crippen LogP contribution in [-0.4, -0.2) is 12.5 Å². The van der Waals surface area contributed by atoms with E-state index in [1.807, 2.05) is 12.3 Å². The summed E-state index contributed by atoms with van der Waals surface area (Å²) in [7, 11) is 0. The highest BCUT2D eigenvalue weighted by Crippen LogP contribution is 2.23. The molecule has 0 amide bonds. The smallest absolute Gasteiger partial charge is 0.151 e. The minimum absolute atomic E-state index is 0.908. The van der Waals surface area contributed by atoms with Crippen LogP contribution in [0.5, 0.6) is 0 Å². The van der Waals surface area contributed by atoms with E-state index in [2.05, 4.69) is 19.1 Å². The number of aryl methyl sites for hydroxylation is 1. The lowest BCUT2D eigenvalue weighted by atomic mass is 10.0. The predicted octanol–water partition coefficient (Wildman–Crippen LogP) is 6.68. The third-order valence-corrected chi connectivity index (χ3v) is 5.09. The molecule has 0 aromatic heterocycles. The van der Waals surface area contributed by atoms with Crippen LogP contribution in [0.25, 0.3) is 0 Å². The van der Waals surface area contributed by atoms with Crippen LogP contribution in [0.3, 0.4) is 0 Å². The molecule has 0 radical (unpaired) electrons. The molecule has 1 aromatic carbocycles. The van der Waals surface area contributed by atoms with E-state index < -0.39 is 0 Å². The summed E-state index contributed by atoms with van der Waals surface area (Å²) in [6.07, 6.45) is 17.7. The van der Waals surface area contributed by atoms with Crippen molar-refractivity contribution >= 4 is 18.0 Å². The summed E-state index contributed by atoms with van der Waals surface area (Å²) in [6.45, 7) is 2.27. The maximum absolute atomic E-state index is 11.3. The van der Waals surface area contributed by atoms with Crippen molar-refractivity contribution in [1.29, 1.82) is 0 Å². The number of unbranched alkanes of at least 4 members (excludes halogenated alkanes) is 9. The lowest BCUT2D eigenvalue weighted by molar-refractivity contribution is 0.112. The predicted molar refractivity (Wildman–Crippen MR) is 99.2 cm³/mol. The first-order chi connectivity index (χ1) is 10.8. The average molecular weight is 321 g/mol. The highest BCUT2D eigenvalue weighted by atomic mass is 32.2. The molecule has 22 heavy (non-hydrogen) atoms. The van der Waals surface area contributed by atoms with Gasteiger partial charge in [-0.15, -0.1) is 11.8 Å². The van der Waals surface area contributed by atoms with Crippen LogP contribution in [0.1, 0.15) is 87.1 Å². The number of carbonyl (C=O) groups is 1. The van der Waals surface area contributed by atoms with Crippen molar-refractivity contribution in [2.75, 3.05) is 6.26 Å². The summed E-state index contributed by atoms with van der Waals surface area (Å²) in [5.74, 6) is 0. The van der Waals surface area contributed by atoms with Gasteiger partial charge in [-0.25, -0.2) is 0 Å². The number of thioether (sulfide) groups is 1. The normalized spacial score (nSPS) is 10.8. The quantitative estimate of drug-likeness (QED) is 0.229. The Kier molecular flexibility index (Phi) is 11.2. The zero-order valence-corrected chi connectivity index (χ0v) is 15.2. The third-order valence-electron chi connectivity index (χ3n) is 4.29. The summed E-state index contributed by atoms with van der Waals surface area (Å²) < 4.78 is 0. The molecular weight excluding hydrogens is 288 g/mol. The highest BCUT2D eigenvalue weighted by Gasteiger charge is 2.06. The second-order valence-electron chi connectivity index (χ2n) is 6.08. The molecule has 1 nitrogen and oxygen atoms in total. The Balaban J connectivity index is 2.14. The molecular formula is C20H32OS. The van der Waals surface area contributed by atoms with Crippen molar-refractivity contribution < 1.29 is 4.79 Å². The molecule has 0 atom stereocenters. The van der Waals surface area contributed by atoms with Gasteiger partial charge in [0.1, 0.15) is 0 Å². The van der Waals surface area contributed by atoms with E-state index in [0.29, 0.717) is 0 Å². The lowest BCUT2D eigenvalue weighted by Crippen LogP contribution is -1.95. The van der Waals surface area contributed by atoms with Gasteiger partial charge in [0.05, 0.1) is 0 Å². The molecule has 0 unspecified atom stereocenters. The maximum Gasteiger partial charge on any atom is 0.151 e. The van der Waals surface area contributed by atoms with Gasteiger partial charge in [0.15, 0.2) is 6.29 Å².